The van der Waals surface area contributed by atoms with Crippen LogP contribution >= 0.6 is 7.92 Å². The largest absolute Gasteiger partial charge is 0.507 e. The normalized spacial score (nSPS) is 10.7. The fraction of sp³-hybridized carbons (Fsp3) is 0.182. The fourth-order valence-electron chi connectivity index (χ4n) is 3.19. The van der Waals surface area contributed by atoms with Gasteiger partial charge in [-0.1, -0.05) is 18.2 Å². The van der Waals surface area contributed by atoms with Crippen LogP contribution in [0.2, 0.25) is 0 Å². The Balaban J connectivity index is 2.48. The predicted molar refractivity (Wildman–Crippen MR) is 115 cm³/mol. The van der Waals surface area contributed by atoms with E-state index in [-0.39, 0.29) is 11.5 Å². The Morgan fingerprint density at radius 3 is 1.17 bits per heavy atom. The summed E-state index contributed by atoms with van der Waals surface area (Å²) in [6.07, 6.45) is 0. The van der Waals surface area contributed by atoms with Gasteiger partial charge in [0.1, 0.15) is 34.5 Å². The van der Waals surface area contributed by atoms with Gasteiger partial charge in [0.25, 0.3) is 0 Å². The lowest BCUT2D eigenvalue weighted by atomic mass is 10.3. The van der Waals surface area contributed by atoms with Gasteiger partial charge < -0.3 is 29.2 Å². The third-order valence-electron chi connectivity index (χ3n) is 4.47. The number of phenols is 2. The smallest absolute Gasteiger partial charge is 0.130 e. The lowest BCUT2D eigenvalue weighted by Gasteiger charge is -2.27. The van der Waals surface area contributed by atoms with Crippen LogP contribution < -0.4 is 34.9 Å². The van der Waals surface area contributed by atoms with Crippen LogP contribution in [0.3, 0.4) is 0 Å². The summed E-state index contributed by atoms with van der Waals surface area (Å²) in [5.74, 6) is 2.16. The second-order valence-electron chi connectivity index (χ2n) is 6.00. The Hall–Kier alpha value is -3.11. The van der Waals surface area contributed by atoms with Crippen LogP contribution in [0.1, 0.15) is 0 Å². The molecule has 0 aliphatic rings. The molecular weight excluding hydrogens is 391 g/mol. The summed E-state index contributed by atoms with van der Waals surface area (Å²) in [5, 5.41) is 23.4. The Morgan fingerprint density at radius 1 is 0.517 bits per heavy atom. The molecule has 0 unspecified atom stereocenters. The van der Waals surface area contributed by atoms with Crippen molar-refractivity contribution >= 4 is 23.8 Å². The van der Waals surface area contributed by atoms with E-state index < -0.39 is 7.92 Å². The average molecular weight is 414 g/mol. The topological polar surface area (TPSA) is 77.4 Å². The van der Waals surface area contributed by atoms with Crippen LogP contribution in [0.25, 0.3) is 0 Å². The van der Waals surface area contributed by atoms with Crippen LogP contribution in [-0.4, -0.2) is 38.7 Å². The lowest BCUT2D eigenvalue weighted by molar-refractivity contribution is 0.400. The SMILES string of the molecule is COc1cccc(O)c1P(c1c(O)cccc1OC)c1c(OC)cccc1OC. The Bertz CT molecular complexity index is 929. The minimum Gasteiger partial charge on any atom is -0.507 e. The van der Waals surface area contributed by atoms with Crippen LogP contribution in [0.4, 0.5) is 0 Å². The maximum atomic E-state index is 10.8. The number of hydrogen-bond donors (Lipinski definition) is 2. The van der Waals surface area contributed by atoms with Crippen molar-refractivity contribution in [2.24, 2.45) is 0 Å². The van der Waals surface area contributed by atoms with E-state index in [0.29, 0.717) is 38.9 Å². The molecule has 0 bridgehead atoms. The average Bonchev–Trinajstić information content (AvgIpc) is 2.75. The van der Waals surface area contributed by atoms with Gasteiger partial charge >= 0.3 is 0 Å². The van der Waals surface area contributed by atoms with Crippen molar-refractivity contribution in [3.05, 3.63) is 54.6 Å². The molecule has 0 aliphatic heterocycles. The predicted octanol–water partition coefficient (Wildman–Crippen LogP) is 2.89. The van der Waals surface area contributed by atoms with Crippen LogP contribution in [0.15, 0.2) is 54.6 Å². The van der Waals surface area contributed by atoms with Gasteiger partial charge in [0, 0.05) is 7.92 Å². The highest BCUT2D eigenvalue weighted by Gasteiger charge is 2.33. The molecule has 0 radical (unpaired) electrons. The highest BCUT2D eigenvalue weighted by Crippen LogP contribution is 2.49. The Kier molecular flexibility index (Phi) is 6.35. The van der Waals surface area contributed by atoms with E-state index in [1.807, 2.05) is 18.2 Å². The summed E-state index contributed by atoms with van der Waals surface area (Å²) < 4.78 is 22.4. The standard InChI is InChI=1S/C22H23O6P/c1-25-16-10-5-8-14(23)20(16)29(21-15(24)9-6-11-17(21)26-2)22-18(27-3)12-7-13-19(22)28-4/h5-13,23-24H,1-4H3. The zero-order valence-electron chi connectivity index (χ0n) is 16.7. The molecule has 0 amide bonds. The van der Waals surface area contributed by atoms with E-state index in [4.69, 9.17) is 18.9 Å². The minimum absolute atomic E-state index is 0.0359. The molecule has 3 aromatic carbocycles. The lowest BCUT2D eigenvalue weighted by Crippen LogP contribution is -2.26. The first kappa shape index (κ1) is 20.6. The molecule has 7 heteroatoms. The number of phenolic OH excluding ortho intramolecular Hbond substituents is 2. The molecule has 6 nitrogen and oxygen atoms in total. The third-order valence-corrected chi connectivity index (χ3v) is 7.15. The number of rotatable bonds is 7. The maximum Gasteiger partial charge on any atom is 0.130 e. The molecule has 0 aliphatic carbocycles. The molecule has 0 spiro atoms. The summed E-state index contributed by atoms with van der Waals surface area (Å²) in [4.78, 5) is 0. The van der Waals surface area contributed by atoms with E-state index in [1.165, 1.54) is 14.2 Å². The summed E-state index contributed by atoms with van der Waals surface area (Å²) in [5.41, 5.74) is 0. The van der Waals surface area contributed by atoms with Gasteiger partial charge in [-0.05, 0) is 36.4 Å². The van der Waals surface area contributed by atoms with Crippen molar-refractivity contribution < 1.29 is 29.2 Å². The number of aromatic hydroxyl groups is 2. The van der Waals surface area contributed by atoms with E-state index in [2.05, 4.69) is 0 Å². The van der Waals surface area contributed by atoms with Crippen molar-refractivity contribution in [2.75, 3.05) is 28.4 Å². The Morgan fingerprint density at radius 2 is 0.828 bits per heavy atom. The van der Waals surface area contributed by atoms with E-state index in [0.717, 1.165) is 0 Å². The number of ether oxygens (including phenoxy) is 4. The number of methoxy groups -OCH3 is 4. The van der Waals surface area contributed by atoms with Gasteiger partial charge in [-0.15, -0.1) is 0 Å². The maximum absolute atomic E-state index is 10.8. The van der Waals surface area contributed by atoms with Gasteiger partial charge in [-0.3, -0.25) is 0 Å². The number of benzene rings is 3. The zero-order valence-corrected chi connectivity index (χ0v) is 17.6. The van der Waals surface area contributed by atoms with Crippen LogP contribution in [-0.2, 0) is 0 Å². The first-order chi connectivity index (χ1) is 14.1. The highest BCUT2D eigenvalue weighted by molar-refractivity contribution is 7.81. The van der Waals surface area contributed by atoms with Crippen molar-refractivity contribution in [1.82, 2.24) is 0 Å². The monoisotopic (exact) mass is 414 g/mol. The summed E-state index contributed by atoms with van der Waals surface area (Å²) in [6, 6.07) is 15.5. The van der Waals surface area contributed by atoms with E-state index in [1.54, 1.807) is 50.6 Å². The van der Waals surface area contributed by atoms with Gasteiger partial charge in [0.2, 0.25) is 0 Å². The van der Waals surface area contributed by atoms with Crippen molar-refractivity contribution in [3.63, 3.8) is 0 Å². The zero-order chi connectivity index (χ0) is 21.0. The summed E-state index contributed by atoms with van der Waals surface area (Å²) >= 11 is 0. The molecule has 0 heterocycles. The van der Waals surface area contributed by atoms with Crippen molar-refractivity contribution in [1.29, 1.82) is 0 Å². The van der Waals surface area contributed by atoms with Gasteiger partial charge in [-0.25, -0.2) is 0 Å². The molecule has 3 rings (SSSR count). The molecule has 0 saturated carbocycles. The summed E-state index contributed by atoms with van der Waals surface area (Å²) in [6.45, 7) is 0. The van der Waals surface area contributed by atoms with Gasteiger partial charge in [0.05, 0.1) is 44.4 Å². The van der Waals surface area contributed by atoms with Gasteiger partial charge in [0.15, 0.2) is 0 Å². The second kappa shape index (κ2) is 8.93. The van der Waals surface area contributed by atoms with Crippen LogP contribution in [0, 0.1) is 0 Å². The van der Waals surface area contributed by atoms with Gasteiger partial charge in [-0.2, -0.15) is 0 Å². The molecule has 0 saturated heterocycles. The molecule has 2 N–H and O–H groups in total. The van der Waals surface area contributed by atoms with Crippen LogP contribution in [0.5, 0.6) is 34.5 Å². The Labute approximate surface area is 171 Å². The van der Waals surface area contributed by atoms with E-state index >= 15 is 0 Å². The summed E-state index contributed by atoms with van der Waals surface area (Å²) in [7, 11) is 4.61. The first-order valence-corrected chi connectivity index (χ1v) is 10.1. The molecule has 0 atom stereocenters. The molecule has 0 aromatic heterocycles. The quantitative estimate of drug-likeness (QED) is 0.579. The van der Waals surface area contributed by atoms with Crippen molar-refractivity contribution in [3.8, 4) is 34.5 Å². The highest BCUT2D eigenvalue weighted by atomic mass is 31.1. The third kappa shape index (κ3) is 3.76. The first-order valence-electron chi connectivity index (χ1n) is 8.80. The molecule has 152 valence electrons. The fourth-order valence-corrected chi connectivity index (χ4v) is 6.01. The molecular formula is C22H23O6P. The molecule has 3 aromatic rings. The number of hydrogen-bond acceptors (Lipinski definition) is 6. The van der Waals surface area contributed by atoms with Crippen molar-refractivity contribution in [2.45, 2.75) is 0 Å². The second-order valence-corrected chi connectivity index (χ2v) is 8.02. The minimum atomic E-state index is -1.59. The van der Waals surface area contributed by atoms with E-state index in [9.17, 15) is 10.2 Å². The molecule has 0 fully saturated rings. The molecule has 29 heavy (non-hydrogen) atoms.